The Bertz CT molecular complexity index is 468. The molecule has 1 aromatic carbocycles. The number of hydrogen-bond donors (Lipinski definition) is 0. The Morgan fingerprint density at radius 1 is 1.35 bits per heavy atom. The molecule has 0 aromatic heterocycles. The molecule has 90 valence electrons. The molecule has 5 heteroatoms. The van der Waals surface area contributed by atoms with Gasteiger partial charge in [0.15, 0.2) is 17.4 Å². The van der Waals surface area contributed by atoms with Crippen molar-refractivity contribution in [1.82, 2.24) is 0 Å². The molecular formula is C12H11F2NO2. The summed E-state index contributed by atoms with van der Waals surface area (Å²) in [5.41, 5.74) is -0.432. The van der Waals surface area contributed by atoms with Gasteiger partial charge in [0.1, 0.15) is 0 Å². The smallest absolute Gasteiger partial charge is 0.235 e. The van der Waals surface area contributed by atoms with Gasteiger partial charge in [0, 0.05) is 0 Å². The molecule has 0 aliphatic heterocycles. The van der Waals surface area contributed by atoms with Gasteiger partial charge in [-0.25, -0.2) is 13.6 Å². The zero-order chi connectivity index (χ0) is 12.5. The molecule has 17 heavy (non-hydrogen) atoms. The summed E-state index contributed by atoms with van der Waals surface area (Å²) in [5.74, 6) is -1.98. The molecule has 0 spiro atoms. The van der Waals surface area contributed by atoms with Crippen LogP contribution in [0.4, 0.5) is 8.78 Å². The second-order valence-electron chi connectivity index (χ2n) is 4.06. The summed E-state index contributed by atoms with van der Waals surface area (Å²) < 4.78 is 31.7. The summed E-state index contributed by atoms with van der Waals surface area (Å²) in [6.45, 7) is 0. The van der Waals surface area contributed by atoms with E-state index in [-0.39, 0.29) is 0 Å². The van der Waals surface area contributed by atoms with E-state index < -0.39 is 22.9 Å². The zero-order valence-electron chi connectivity index (χ0n) is 9.30. The van der Waals surface area contributed by atoms with Crippen molar-refractivity contribution in [3.63, 3.8) is 0 Å². The standard InChI is InChI=1S/C12H11F2NO2/c1-17-11-9(13)5-8(6-10(11)14)12(15-7-16)3-2-4-12/h5-6H,2-4H2,1H3. The fraction of sp³-hybridized carbons (Fsp3) is 0.417. The topological polar surface area (TPSA) is 38.7 Å². The molecular weight excluding hydrogens is 228 g/mol. The minimum absolute atomic E-state index is 0.364. The molecule has 1 aliphatic rings. The maximum absolute atomic E-state index is 13.5. The minimum Gasteiger partial charge on any atom is -0.491 e. The van der Waals surface area contributed by atoms with E-state index in [0.29, 0.717) is 18.4 Å². The van der Waals surface area contributed by atoms with E-state index in [9.17, 15) is 13.6 Å². The van der Waals surface area contributed by atoms with Crippen LogP contribution in [0.15, 0.2) is 17.1 Å². The summed E-state index contributed by atoms with van der Waals surface area (Å²) in [7, 11) is 1.20. The van der Waals surface area contributed by atoms with Crippen molar-refractivity contribution < 1.29 is 18.3 Å². The first-order valence-corrected chi connectivity index (χ1v) is 5.25. The van der Waals surface area contributed by atoms with Crippen molar-refractivity contribution in [2.45, 2.75) is 24.8 Å². The molecule has 2 rings (SSSR count). The van der Waals surface area contributed by atoms with E-state index in [1.165, 1.54) is 25.3 Å². The molecule has 0 unspecified atom stereocenters. The van der Waals surface area contributed by atoms with Crippen LogP contribution in [0.25, 0.3) is 0 Å². The highest BCUT2D eigenvalue weighted by molar-refractivity contribution is 5.41. The van der Waals surface area contributed by atoms with Gasteiger partial charge in [-0.15, -0.1) is 0 Å². The van der Waals surface area contributed by atoms with Gasteiger partial charge >= 0.3 is 0 Å². The average Bonchev–Trinajstić information content (AvgIpc) is 2.23. The SMILES string of the molecule is COc1c(F)cc(C2(N=C=O)CCC2)cc1F. The Labute approximate surface area is 97.1 Å². The summed E-state index contributed by atoms with van der Waals surface area (Å²) in [5, 5.41) is 0. The fourth-order valence-corrected chi connectivity index (χ4v) is 2.09. The molecule has 0 saturated heterocycles. The zero-order valence-corrected chi connectivity index (χ0v) is 9.30. The van der Waals surface area contributed by atoms with Crippen LogP contribution >= 0.6 is 0 Å². The third-order valence-corrected chi connectivity index (χ3v) is 3.18. The van der Waals surface area contributed by atoms with Crippen LogP contribution in [0.1, 0.15) is 24.8 Å². The minimum atomic E-state index is -0.796. The van der Waals surface area contributed by atoms with Gasteiger partial charge in [-0.1, -0.05) is 0 Å². The third kappa shape index (κ3) is 1.83. The van der Waals surface area contributed by atoms with Crippen LogP contribution in [0.3, 0.4) is 0 Å². The number of halogens is 2. The van der Waals surface area contributed by atoms with E-state index in [1.807, 2.05) is 0 Å². The van der Waals surface area contributed by atoms with Gasteiger partial charge in [0.25, 0.3) is 0 Å². The molecule has 3 nitrogen and oxygen atoms in total. The summed E-state index contributed by atoms with van der Waals surface area (Å²) in [6.07, 6.45) is 3.56. The maximum atomic E-state index is 13.5. The number of carbonyl (C=O) groups excluding carboxylic acids is 1. The first-order valence-electron chi connectivity index (χ1n) is 5.25. The van der Waals surface area contributed by atoms with Crippen molar-refractivity contribution in [1.29, 1.82) is 0 Å². The predicted molar refractivity (Wildman–Crippen MR) is 56.6 cm³/mol. The number of aliphatic imine (C=N–C) groups is 1. The van der Waals surface area contributed by atoms with E-state index in [1.54, 1.807) is 0 Å². The fourth-order valence-electron chi connectivity index (χ4n) is 2.09. The number of rotatable bonds is 3. The lowest BCUT2D eigenvalue weighted by Gasteiger charge is -2.37. The molecule has 0 amide bonds. The number of hydrogen-bond acceptors (Lipinski definition) is 3. The van der Waals surface area contributed by atoms with Crippen LogP contribution < -0.4 is 4.74 Å². The van der Waals surface area contributed by atoms with Crippen molar-refractivity contribution in [2.24, 2.45) is 4.99 Å². The van der Waals surface area contributed by atoms with E-state index in [2.05, 4.69) is 9.73 Å². The van der Waals surface area contributed by atoms with Crippen molar-refractivity contribution in [2.75, 3.05) is 7.11 Å². The second kappa shape index (κ2) is 4.26. The molecule has 1 fully saturated rings. The second-order valence-corrected chi connectivity index (χ2v) is 4.06. The molecule has 0 bridgehead atoms. The Hall–Kier alpha value is -1.74. The highest BCUT2D eigenvalue weighted by atomic mass is 19.1. The maximum Gasteiger partial charge on any atom is 0.235 e. The third-order valence-electron chi connectivity index (χ3n) is 3.18. The molecule has 1 aromatic rings. The molecule has 1 aliphatic carbocycles. The number of nitrogens with zero attached hydrogens (tertiary/aromatic N) is 1. The number of benzene rings is 1. The number of methoxy groups -OCH3 is 1. The monoisotopic (exact) mass is 239 g/mol. The van der Waals surface area contributed by atoms with Crippen LogP contribution in [0, 0.1) is 11.6 Å². The Morgan fingerprint density at radius 3 is 2.29 bits per heavy atom. The molecule has 0 radical (unpaired) electrons. The van der Waals surface area contributed by atoms with Crippen molar-refractivity contribution in [3.05, 3.63) is 29.3 Å². The van der Waals surface area contributed by atoms with Crippen LogP contribution in [-0.2, 0) is 10.3 Å². The first-order chi connectivity index (χ1) is 8.13. The van der Waals surface area contributed by atoms with E-state index in [0.717, 1.165) is 6.42 Å². The summed E-state index contributed by atoms with van der Waals surface area (Å²) in [6, 6.07) is 2.34. The van der Waals surface area contributed by atoms with Gasteiger partial charge in [-0.2, -0.15) is 4.99 Å². The van der Waals surface area contributed by atoms with Crippen LogP contribution in [0.2, 0.25) is 0 Å². The summed E-state index contributed by atoms with van der Waals surface area (Å²) >= 11 is 0. The van der Waals surface area contributed by atoms with Gasteiger partial charge in [-0.05, 0) is 37.0 Å². The molecule has 0 N–H and O–H groups in total. The quantitative estimate of drug-likeness (QED) is 0.600. The van der Waals surface area contributed by atoms with E-state index in [4.69, 9.17) is 0 Å². The van der Waals surface area contributed by atoms with Crippen molar-refractivity contribution >= 4 is 6.08 Å². The normalized spacial score (nSPS) is 16.9. The van der Waals surface area contributed by atoms with E-state index >= 15 is 0 Å². The predicted octanol–water partition coefficient (Wildman–Crippen LogP) is 2.69. The lowest BCUT2D eigenvalue weighted by molar-refractivity contribution is 0.252. The summed E-state index contributed by atoms with van der Waals surface area (Å²) in [4.78, 5) is 14.1. The molecule has 0 atom stereocenters. The van der Waals surface area contributed by atoms with Gasteiger partial charge in [0.05, 0.1) is 12.6 Å². The highest BCUT2D eigenvalue weighted by Crippen LogP contribution is 2.45. The van der Waals surface area contributed by atoms with Gasteiger partial charge < -0.3 is 4.74 Å². The molecule has 1 saturated carbocycles. The Balaban J connectivity index is 2.49. The first kappa shape index (κ1) is 11.7. The van der Waals surface area contributed by atoms with Crippen LogP contribution in [-0.4, -0.2) is 13.2 Å². The largest absolute Gasteiger partial charge is 0.491 e. The van der Waals surface area contributed by atoms with Crippen LogP contribution in [0.5, 0.6) is 5.75 Å². The number of ether oxygens (including phenoxy) is 1. The lowest BCUT2D eigenvalue weighted by Crippen LogP contribution is -2.32. The van der Waals surface area contributed by atoms with Gasteiger partial charge in [0.2, 0.25) is 6.08 Å². The molecule has 0 heterocycles. The lowest BCUT2D eigenvalue weighted by atomic mass is 9.72. The highest BCUT2D eigenvalue weighted by Gasteiger charge is 2.40. The number of isocyanates is 1. The van der Waals surface area contributed by atoms with Crippen molar-refractivity contribution in [3.8, 4) is 5.75 Å². The Morgan fingerprint density at radius 2 is 1.94 bits per heavy atom. The van der Waals surface area contributed by atoms with Gasteiger partial charge in [-0.3, -0.25) is 0 Å². The Kier molecular flexibility index (Phi) is 2.94. The average molecular weight is 239 g/mol.